The van der Waals surface area contributed by atoms with E-state index in [1.54, 1.807) is 17.4 Å². The average molecular weight is 204 g/mol. The molecular formula is C12H12OS. The summed E-state index contributed by atoms with van der Waals surface area (Å²) in [5.74, 6) is 0.393. The van der Waals surface area contributed by atoms with E-state index in [2.05, 4.69) is 11.4 Å². The molecule has 0 bridgehead atoms. The lowest BCUT2D eigenvalue weighted by Gasteiger charge is -2.03. The highest BCUT2D eigenvalue weighted by molar-refractivity contribution is 7.09. The van der Waals surface area contributed by atoms with Crippen LogP contribution in [0.2, 0.25) is 0 Å². The number of phenols is 1. The van der Waals surface area contributed by atoms with Gasteiger partial charge in [0.25, 0.3) is 0 Å². The molecule has 0 unspecified atom stereocenters. The second-order valence-corrected chi connectivity index (χ2v) is 4.42. The topological polar surface area (TPSA) is 20.2 Å². The number of rotatable bonds is 2. The van der Waals surface area contributed by atoms with Crippen molar-refractivity contribution in [1.29, 1.82) is 0 Å². The van der Waals surface area contributed by atoms with Crippen LogP contribution in [0, 0.1) is 6.92 Å². The van der Waals surface area contributed by atoms with Crippen molar-refractivity contribution in [3.63, 3.8) is 0 Å². The van der Waals surface area contributed by atoms with E-state index in [1.165, 1.54) is 10.4 Å². The fourth-order valence-corrected chi connectivity index (χ4v) is 2.18. The largest absolute Gasteiger partial charge is 0.508 e. The summed E-state index contributed by atoms with van der Waals surface area (Å²) in [5, 5.41) is 11.7. The lowest BCUT2D eigenvalue weighted by atomic mass is 10.1. The van der Waals surface area contributed by atoms with Gasteiger partial charge in [0.1, 0.15) is 5.75 Å². The molecule has 0 saturated carbocycles. The molecule has 0 aliphatic heterocycles. The molecule has 2 heteroatoms. The first-order chi connectivity index (χ1) is 6.75. The van der Waals surface area contributed by atoms with E-state index in [0.717, 1.165) is 12.0 Å². The zero-order chi connectivity index (χ0) is 9.97. The summed E-state index contributed by atoms with van der Waals surface area (Å²) in [5.41, 5.74) is 2.20. The minimum Gasteiger partial charge on any atom is -0.508 e. The van der Waals surface area contributed by atoms with Crippen LogP contribution in [0.4, 0.5) is 0 Å². The third-order valence-electron chi connectivity index (χ3n) is 2.18. The van der Waals surface area contributed by atoms with E-state index in [9.17, 15) is 5.11 Å². The Morgan fingerprint density at radius 1 is 1.29 bits per heavy atom. The molecule has 1 aromatic heterocycles. The monoisotopic (exact) mass is 204 g/mol. The van der Waals surface area contributed by atoms with Crippen molar-refractivity contribution >= 4 is 11.3 Å². The summed E-state index contributed by atoms with van der Waals surface area (Å²) in [6.07, 6.45) is 0.825. The van der Waals surface area contributed by atoms with Gasteiger partial charge in [0.05, 0.1) is 0 Å². The molecule has 1 aromatic carbocycles. The van der Waals surface area contributed by atoms with E-state index in [0.29, 0.717) is 5.75 Å². The molecule has 0 spiro atoms. The molecule has 0 aliphatic rings. The number of aromatic hydroxyl groups is 1. The van der Waals surface area contributed by atoms with Crippen molar-refractivity contribution in [2.24, 2.45) is 0 Å². The van der Waals surface area contributed by atoms with Gasteiger partial charge < -0.3 is 5.11 Å². The molecular weight excluding hydrogens is 192 g/mol. The maximum absolute atomic E-state index is 9.64. The zero-order valence-electron chi connectivity index (χ0n) is 8.03. The Hall–Kier alpha value is -1.28. The summed E-state index contributed by atoms with van der Waals surface area (Å²) >= 11 is 1.72. The number of benzene rings is 1. The number of hydrogen-bond donors (Lipinski definition) is 1. The van der Waals surface area contributed by atoms with Crippen molar-refractivity contribution in [3.05, 3.63) is 51.7 Å². The Labute approximate surface area is 87.7 Å². The fourth-order valence-electron chi connectivity index (χ4n) is 1.46. The first-order valence-corrected chi connectivity index (χ1v) is 5.44. The summed E-state index contributed by atoms with van der Waals surface area (Å²) in [6.45, 7) is 2.04. The predicted octanol–water partition coefficient (Wildman–Crippen LogP) is 3.35. The molecule has 2 rings (SSSR count). The van der Waals surface area contributed by atoms with Crippen molar-refractivity contribution < 1.29 is 5.11 Å². The van der Waals surface area contributed by atoms with Gasteiger partial charge in [-0.2, -0.15) is 0 Å². The van der Waals surface area contributed by atoms with Crippen molar-refractivity contribution in [2.45, 2.75) is 13.3 Å². The van der Waals surface area contributed by atoms with E-state index in [1.807, 2.05) is 25.1 Å². The Morgan fingerprint density at radius 3 is 2.86 bits per heavy atom. The Bertz CT molecular complexity index is 418. The van der Waals surface area contributed by atoms with Gasteiger partial charge in [-0.25, -0.2) is 0 Å². The summed E-state index contributed by atoms with van der Waals surface area (Å²) < 4.78 is 0. The molecule has 0 amide bonds. The summed E-state index contributed by atoms with van der Waals surface area (Å²) in [6, 6.07) is 9.85. The highest BCUT2D eigenvalue weighted by Gasteiger charge is 2.02. The number of phenolic OH excluding ortho intramolecular Hbond substituents is 1. The molecule has 0 aliphatic carbocycles. The first-order valence-electron chi connectivity index (χ1n) is 4.56. The quantitative estimate of drug-likeness (QED) is 0.795. The number of thiophene rings is 1. The van der Waals surface area contributed by atoms with Crippen molar-refractivity contribution in [2.75, 3.05) is 0 Å². The van der Waals surface area contributed by atoms with Gasteiger partial charge in [0, 0.05) is 11.3 Å². The van der Waals surface area contributed by atoms with Gasteiger partial charge in [-0.15, -0.1) is 11.3 Å². The van der Waals surface area contributed by atoms with E-state index in [4.69, 9.17) is 0 Å². The normalized spacial score (nSPS) is 10.4. The third kappa shape index (κ3) is 1.96. The molecule has 2 aromatic rings. The van der Waals surface area contributed by atoms with Crippen molar-refractivity contribution in [1.82, 2.24) is 0 Å². The van der Waals surface area contributed by atoms with Crippen LogP contribution in [0.5, 0.6) is 5.75 Å². The van der Waals surface area contributed by atoms with Crippen LogP contribution in [0.3, 0.4) is 0 Å². The summed E-state index contributed by atoms with van der Waals surface area (Å²) in [7, 11) is 0. The van der Waals surface area contributed by atoms with Gasteiger partial charge in [-0.05, 0) is 30.0 Å². The van der Waals surface area contributed by atoms with Crippen LogP contribution in [0.1, 0.15) is 16.0 Å². The zero-order valence-corrected chi connectivity index (χ0v) is 8.84. The Balaban J connectivity index is 2.28. The molecule has 72 valence electrons. The minimum atomic E-state index is 0.393. The number of hydrogen-bond acceptors (Lipinski definition) is 2. The lowest BCUT2D eigenvalue weighted by Crippen LogP contribution is -1.86. The van der Waals surface area contributed by atoms with Crippen LogP contribution in [0.25, 0.3) is 0 Å². The van der Waals surface area contributed by atoms with Gasteiger partial charge in [-0.3, -0.25) is 0 Å². The minimum absolute atomic E-state index is 0.393. The Morgan fingerprint density at radius 2 is 2.14 bits per heavy atom. The second kappa shape index (κ2) is 3.84. The van der Waals surface area contributed by atoms with Gasteiger partial charge in [-0.1, -0.05) is 23.8 Å². The maximum atomic E-state index is 9.64. The average Bonchev–Trinajstić information content (AvgIpc) is 2.64. The molecule has 0 atom stereocenters. The fraction of sp³-hybridized carbons (Fsp3) is 0.167. The SMILES string of the molecule is Cc1ccc(O)c(Cc2cccs2)c1. The molecule has 0 radical (unpaired) electrons. The van der Waals surface area contributed by atoms with Gasteiger partial charge in [0.15, 0.2) is 0 Å². The molecule has 1 nitrogen and oxygen atoms in total. The molecule has 1 heterocycles. The standard InChI is InChI=1S/C12H12OS/c1-9-4-5-12(13)10(7-9)8-11-3-2-6-14-11/h2-7,13H,8H2,1H3. The van der Waals surface area contributed by atoms with Crippen LogP contribution >= 0.6 is 11.3 Å². The Kier molecular flexibility index (Phi) is 2.55. The van der Waals surface area contributed by atoms with Crippen LogP contribution in [-0.2, 0) is 6.42 Å². The summed E-state index contributed by atoms with van der Waals surface area (Å²) in [4.78, 5) is 1.28. The second-order valence-electron chi connectivity index (χ2n) is 3.39. The van der Waals surface area contributed by atoms with Crippen LogP contribution in [0.15, 0.2) is 35.7 Å². The van der Waals surface area contributed by atoms with Gasteiger partial charge >= 0.3 is 0 Å². The van der Waals surface area contributed by atoms with Crippen molar-refractivity contribution in [3.8, 4) is 5.75 Å². The number of aryl methyl sites for hydroxylation is 1. The lowest BCUT2D eigenvalue weighted by molar-refractivity contribution is 0.469. The smallest absolute Gasteiger partial charge is 0.119 e. The molecule has 14 heavy (non-hydrogen) atoms. The van der Waals surface area contributed by atoms with Gasteiger partial charge in [0.2, 0.25) is 0 Å². The molecule has 0 fully saturated rings. The van der Waals surface area contributed by atoms with Crippen LogP contribution < -0.4 is 0 Å². The maximum Gasteiger partial charge on any atom is 0.119 e. The van der Waals surface area contributed by atoms with E-state index in [-0.39, 0.29) is 0 Å². The predicted molar refractivity (Wildman–Crippen MR) is 60.0 cm³/mol. The van der Waals surface area contributed by atoms with E-state index < -0.39 is 0 Å². The molecule has 1 N–H and O–H groups in total. The van der Waals surface area contributed by atoms with Crippen LogP contribution in [-0.4, -0.2) is 5.11 Å². The molecule has 0 saturated heterocycles. The highest BCUT2D eigenvalue weighted by Crippen LogP contribution is 2.23. The third-order valence-corrected chi connectivity index (χ3v) is 3.06. The highest BCUT2D eigenvalue weighted by atomic mass is 32.1. The first kappa shape index (κ1) is 9.28. The van der Waals surface area contributed by atoms with E-state index >= 15 is 0 Å².